The van der Waals surface area contributed by atoms with E-state index in [9.17, 15) is 4.79 Å². The molecule has 20 heavy (non-hydrogen) atoms. The third-order valence-electron chi connectivity index (χ3n) is 3.44. The first-order chi connectivity index (χ1) is 9.19. The van der Waals surface area contributed by atoms with E-state index in [1.165, 1.54) is 0 Å². The van der Waals surface area contributed by atoms with E-state index in [1.807, 2.05) is 25.2 Å². The van der Waals surface area contributed by atoms with E-state index in [2.05, 4.69) is 44.2 Å². The van der Waals surface area contributed by atoms with Crippen LogP contribution in [0.5, 0.6) is 0 Å². The Balaban J connectivity index is 2.42. The third-order valence-corrected chi connectivity index (χ3v) is 3.44. The maximum atomic E-state index is 12.3. The van der Waals surface area contributed by atoms with Crippen LogP contribution < -0.4 is 0 Å². The van der Waals surface area contributed by atoms with E-state index in [0.717, 1.165) is 22.4 Å². The molecule has 0 bridgehead atoms. The second kappa shape index (κ2) is 5.04. The molecule has 0 saturated carbocycles. The number of hydrogen-bond donors (Lipinski definition) is 0. The van der Waals surface area contributed by atoms with Crippen LogP contribution in [0.4, 0.5) is 0 Å². The lowest BCUT2D eigenvalue weighted by molar-refractivity contribution is 0.0940. The molecule has 0 amide bonds. The van der Waals surface area contributed by atoms with E-state index >= 15 is 0 Å². The van der Waals surface area contributed by atoms with Gasteiger partial charge in [0.15, 0.2) is 5.78 Å². The monoisotopic (exact) mass is 272 g/mol. The van der Waals surface area contributed by atoms with Crippen LogP contribution in [-0.2, 0) is 7.05 Å². The SMILES string of the molecule is CC(C)c1nc2cc(C(=O)CC(C)(C)C)ccc2n1C. The average Bonchev–Trinajstić information content (AvgIpc) is 2.64. The standard InChI is InChI=1S/C17H24N2O/c1-11(2)16-18-13-9-12(7-8-14(13)19(16)6)15(20)10-17(3,4)5/h7-9,11H,10H2,1-6H3. The number of carbonyl (C=O) groups is 1. The summed E-state index contributed by atoms with van der Waals surface area (Å²) in [5.41, 5.74) is 2.77. The fourth-order valence-corrected chi connectivity index (χ4v) is 2.49. The Morgan fingerprint density at radius 3 is 2.50 bits per heavy atom. The van der Waals surface area contributed by atoms with Gasteiger partial charge in [-0.05, 0) is 23.6 Å². The maximum absolute atomic E-state index is 12.3. The zero-order valence-corrected chi connectivity index (χ0v) is 13.3. The van der Waals surface area contributed by atoms with Gasteiger partial charge in [0.2, 0.25) is 0 Å². The summed E-state index contributed by atoms with van der Waals surface area (Å²) in [6.07, 6.45) is 0.558. The van der Waals surface area contributed by atoms with Gasteiger partial charge in [-0.3, -0.25) is 4.79 Å². The van der Waals surface area contributed by atoms with Crippen molar-refractivity contribution in [2.75, 3.05) is 0 Å². The highest BCUT2D eigenvalue weighted by atomic mass is 16.1. The van der Waals surface area contributed by atoms with Crippen molar-refractivity contribution in [2.45, 2.75) is 47.0 Å². The number of hydrogen-bond acceptors (Lipinski definition) is 2. The van der Waals surface area contributed by atoms with Gasteiger partial charge in [0.05, 0.1) is 11.0 Å². The molecule has 2 rings (SSSR count). The predicted molar refractivity (Wildman–Crippen MR) is 83.2 cm³/mol. The lowest BCUT2D eigenvalue weighted by Crippen LogP contribution is -2.12. The van der Waals surface area contributed by atoms with Crippen molar-refractivity contribution in [2.24, 2.45) is 12.5 Å². The van der Waals surface area contributed by atoms with Crippen LogP contribution in [0.15, 0.2) is 18.2 Å². The fraction of sp³-hybridized carbons (Fsp3) is 0.529. The molecule has 0 aliphatic carbocycles. The van der Waals surface area contributed by atoms with Crippen LogP contribution >= 0.6 is 0 Å². The van der Waals surface area contributed by atoms with Gasteiger partial charge >= 0.3 is 0 Å². The molecule has 0 N–H and O–H groups in total. The van der Waals surface area contributed by atoms with E-state index in [1.54, 1.807) is 0 Å². The highest BCUT2D eigenvalue weighted by molar-refractivity contribution is 5.99. The van der Waals surface area contributed by atoms with Crippen molar-refractivity contribution >= 4 is 16.8 Å². The van der Waals surface area contributed by atoms with Crippen LogP contribution in [0.25, 0.3) is 11.0 Å². The maximum Gasteiger partial charge on any atom is 0.163 e. The Bertz CT molecular complexity index is 645. The van der Waals surface area contributed by atoms with E-state index in [-0.39, 0.29) is 11.2 Å². The van der Waals surface area contributed by atoms with Gasteiger partial charge in [-0.15, -0.1) is 0 Å². The second-order valence-electron chi connectivity index (χ2n) is 7.05. The Morgan fingerprint density at radius 1 is 1.30 bits per heavy atom. The summed E-state index contributed by atoms with van der Waals surface area (Å²) < 4.78 is 2.11. The van der Waals surface area contributed by atoms with Crippen LogP contribution in [0.1, 0.15) is 63.1 Å². The molecule has 3 nitrogen and oxygen atoms in total. The summed E-state index contributed by atoms with van der Waals surface area (Å²) >= 11 is 0. The zero-order chi connectivity index (χ0) is 15.1. The van der Waals surface area contributed by atoms with Crippen LogP contribution in [-0.4, -0.2) is 15.3 Å². The van der Waals surface area contributed by atoms with Gasteiger partial charge in [0, 0.05) is 24.9 Å². The molecule has 0 atom stereocenters. The summed E-state index contributed by atoms with van der Waals surface area (Å²) in [4.78, 5) is 17.0. The summed E-state index contributed by atoms with van der Waals surface area (Å²) in [7, 11) is 2.03. The van der Waals surface area contributed by atoms with Crippen LogP contribution in [0, 0.1) is 5.41 Å². The Hall–Kier alpha value is -1.64. The van der Waals surface area contributed by atoms with Gasteiger partial charge in [0.1, 0.15) is 5.82 Å². The molecule has 1 aromatic heterocycles. The number of Topliss-reactive ketones (excluding diaryl/α,β-unsaturated/α-hetero) is 1. The zero-order valence-electron chi connectivity index (χ0n) is 13.3. The van der Waals surface area contributed by atoms with Gasteiger partial charge < -0.3 is 4.57 Å². The number of ketones is 1. The molecule has 0 spiro atoms. The Labute approximate surface area is 121 Å². The topological polar surface area (TPSA) is 34.9 Å². The summed E-state index contributed by atoms with van der Waals surface area (Å²) in [6, 6.07) is 5.85. The highest BCUT2D eigenvalue weighted by Crippen LogP contribution is 2.25. The van der Waals surface area contributed by atoms with E-state index < -0.39 is 0 Å². The van der Waals surface area contributed by atoms with Crippen LogP contribution in [0.3, 0.4) is 0 Å². The van der Waals surface area contributed by atoms with Crippen molar-refractivity contribution in [1.29, 1.82) is 0 Å². The van der Waals surface area contributed by atoms with Crippen molar-refractivity contribution in [3.8, 4) is 0 Å². The molecule has 0 saturated heterocycles. The van der Waals surface area contributed by atoms with E-state index in [0.29, 0.717) is 12.3 Å². The first-order valence-corrected chi connectivity index (χ1v) is 7.18. The minimum atomic E-state index is 0.0131. The summed E-state index contributed by atoms with van der Waals surface area (Å²) in [6.45, 7) is 10.5. The molecule has 0 fully saturated rings. The number of aromatic nitrogens is 2. The minimum Gasteiger partial charge on any atom is -0.331 e. The van der Waals surface area contributed by atoms with Gasteiger partial charge in [-0.1, -0.05) is 34.6 Å². The Morgan fingerprint density at radius 2 is 1.95 bits per heavy atom. The van der Waals surface area contributed by atoms with Crippen molar-refractivity contribution < 1.29 is 4.79 Å². The number of nitrogens with zero attached hydrogens (tertiary/aromatic N) is 2. The predicted octanol–water partition coefficient (Wildman–Crippen LogP) is 4.32. The molecule has 1 aromatic carbocycles. The molecule has 0 aliphatic rings. The molecule has 1 heterocycles. The van der Waals surface area contributed by atoms with Gasteiger partial charge in [0.25, 0.3) is 0 Å². The minimum absolute atomic E-state index is 0.0131. The number of aryl methyl sites for hydroxylation is 1. The second-order valence-corrected chi connectivity index (χ2v) is 7.05. The number of fused-ring (bicyclic) bond motifs is 1. The average molecular weight is 272 g/mol. The number of benzene rings is 1. The highest BCUT2D eigenvalue weighted by Gasteiger charge is 2.18. The molecular weight excluding hydrogens is 248 g/mol. The fourth-order valence-electron chi connectivity index (χ4n) is 2.49. The Kier molecular flexibility index (Phi) is 3.72. The normalized spacial score (nSPS) is 12.3. The lowest BCUT2D eigenvalue weighted by Gasteiger charge is -2.16. The third kappa shape index (κ3) is 2.92. The van der Waals surface area contributed by atoms with Crippen molar-refractivity contribution in [1.82, 2.24) is 9.55 Å². The smallest absolute Gasteiger partial charge is 0.163 e. The van der Waals surface area contributed by atoms with Crippen LogP contribution in [0.2, 0.25) is 0 Å². The number of rotatable bonds is 3. The summed E-state index contributed by atoms with van der Waals surface area (Å²) in [5, 5.41) is 0. The first kappa shape index (κ1) is 14.8. The number of imidazole rings is 1. The van der Waals surface area contributed by atoms with Gasteiger partial charge in [-0.2, -0.15) is 0 Å². The molecule has 0 unspecified atom stereocenters. The molecule has 108 valence electrons. The van der Waals surface area contributed by atoms with E-state index in [4.69, 9.17) is 0 Å². The molecular formula is C17H24N2O. The lowest BCUT2D eigenvalue weighted by atomic mass is 9.88. The van der Waals surface area contributed by atoms with Crippen molar-refractivity contribution in [3.05, 3.63) is 29.6 Å². The molecule has 0 aliphatic heterocycles. The van der Waals surface area contributed by atoms with Gasteiger partial charge in [-0.25, -0.2) is 4.98 Å². The number of carbonyl (C=O) groups excluding carboxylic acids is 1. The summed E-state index contributed by atoms with van der Waals surface area (Å²) in [5.74, 6) is 1.62. The molecule has 2 aromatic rings. The largest absolute Gasteiger partial charge is 0.331 e. The molecule has 0 radical (unpaired) electrons. The molecule has 3 heteroatoms. The first-order valence-electron chi connectivity index (χ1n) is 7.18. The quantitative estimate of drug-likeness (QED) is 0.780. The van der Waals surface area contributed by atoms with Crippen molar-refractivity contribution in [3.63, 3.8) is 0 Å².